The number of hydrogen-bond acceptors (Lipinski definition) is 9. The first-order valence-electron chi connectivity index (χ1n) is 10.7. The first-order valence-corrected chi connectivity index (χ1v) is 10.7. The van der Waals surface area contributed by atoms with Crippen LogP contribution in [0.15, 0.2) is 59.7 Å². The van der Waals surface area contributed by atoms with E-state index < -0.39 is 46.4 Å². The number of nitro benzene ring substituents is 1. The lowest BCUT2D eigenvalue weighted by Gasteiger charge is -2.30. The topological polar surface area (TPSA) is 132 Å². The number of carbonyl (C=O) groups excluding carboxylic acids is 3. The highest BCUT2D eigenvalue weighted by Crippen LogP contribution is 2.46. The number of nitro groups is 1. The maximum Gasteiger partial charge on any atom is 0.271 e. The molecule has 3 aliphatic heterocycles. The van der Waals surface area contributed by atoms with Crippen LogP contribution in [0.1, 0.15) is 10.4 Å². The number of rotatable bonds is 6. The molecule has 0 saturated carbocycles. The number of fused-ring (bicyclic) bond motifs is 3. The molecule has 2 amide bonds. The van der Waals surface area contributed by atoms with Crippen molar-refractivity contribution < 1.29 is 28.8 Å². The number of methoxy groups -OCH3 is 2. The summed E-state index contributed by atoms with van der Waals surface area (Å²) in [6, 6.07) is 8.33. The van der Waals surface area contributed by atoms with E-state index in [1.54, 1.807) is 24.3 Å². The molecule has 4 atom stereocenters. The monoisotopic (exact) mass is 476 g/mol. The first-order chi connectivity index (χ1) is 16.9. The third-order valence-electron chi connectivity index (χ3n) is 6.53. The van der Waals surface area contributed by atoms with Gasteiger partial charge in [0, 0.05) is 23.9 Å². The van der Waals surface area contributed by atoms with Crippen molar-refractivity contribution in [3.8, 4) is 11.5 Å². The van der Waals surface area contributed by atoms with Crippen LogP contribution in [-0.4, -0.2) is 60.0 Å². The zero-order chi connectivity index (χ0) is 24.9. The van der Waals surface area contributed by atoms with Crippen molar-refractivity contribution in [1.82, 2.24) is 5.01 Å². The predicted octanol–water partition coefficient (Wildman–Crippen LogP) is 2.21. The number of hydrogen-bond donors (Lipinski definition) is 0. The standard InChI is InChI=1S/C24H20N4O7/c1-34-17-9-8-13(11-18(17)35-2)22(29)21-20-19(16-7-4-10-25-27(16)21)23(30)26(24(20)31)14-5-3-6-15(12-14)28(32)33/h3-12,16,19-21H,1-2H3/t16-,19-,20+,21+/m1/s1. The molecule has 0 aliphatic carbocycles. The van der Waals surface area contributed by atoms with Gasteiger partial charge in [0.2, 0.25) is 11.8 Å². The molecule has 178 valence electrons. The minimum Gasteiger partial charge on any atom is -0.493 e. The fourth-order valence-corrected chi connectivity index (χ4v) is 5.00. The van der Waals surface area contributed by atoms with E-state index in [2.05, 4.69) is 5.10 Å². The second kappa shape index (κ2) is 8.35. The van der Waals surface area contributed by atoms with Crippen molar-refractivity contribution in [2.75, 3.05) is 19.1 Å². The quantitative estimate of drug-likeness (QED) is 0.268. The minimum atomic E-state index is -1.05. The van der Waals surface area contributed by atoms with E-state index in [1.807, 2.05) is 0 Å². The molecule has 2 aromatic rings. The van der Waals surface area contributed by atoms with E-state index in [9.17, 15) is 24.5 Å². The van der Waals surface area contributed by atoms with E-state index in [-0.39, 0.29) is 16.9 Å². The molecule has 11 nitrogen and oxygen atoms in total. The second-order valence-corrected chi connectivity index (χ2v) is 8.24. The molecule has 2 saturated heterocycles. The average Bonchev–Trinajstić information content (AvgIpc) is 3.35. The molecular formula is C24H20N4O7. The molecule has 0 N–H and O–H groups in total. The Balaban J connectivity index is 1.57. The van der Waals surface area contributed by atoms with Gasteiger partial charge >= 0.3 is 0 Å². The molecule has 2 aromatic carbocycles. The van der Waals surface area contributed by atoms with E-state index in [4.69, 9.17) is 9.47 Å². The molecule has 11 heteroatoms. The summed E-state index contributed by atoms with van der Waals surface area (Å²) in [6.07, 6.45) is 4.89. The van der Waals surface area contributed by atoms with Gasteiger partial charge in [0.25, 0.3) is 5.69 Å². The van der Waals surface area contributed by atoms with Gasteiger partial charge in [0.1, 0.15) is 6.04 Å². The van der Waals surface area contributed by atoms with Crippen molar-refractivity contribution in [3.63, 3.8) is 0 Å². The number of anilines is 1. The summed E-state index contributed by atoms with van der Waals surface area (Å²) in [7, 11) is 2.93. The van der Waals surface area contributed by atoms with Crippen LogP contribution in [0.25, 0.3) is 0 Å². The van der Waals surface area contributed by atoms with Crippen LogP contribution in [0, 0.1) is 22.0 Å². The van der Waals surface area contributed by atoms with E-state index in [0.29, 0.717) is 11.5 Å². The first kappa shape index (κ1) is 22.3. The predicted molar refractivity (Wildman–Crippen MR) is 123 cm³/mol. The Hall–Kier alpha value is -4.54. The molecule has 3 aliphatic rings. The number of hydrazone groups is 1. The van der Waals surface area contributed by atoms with Crippen LogP contribution in [0.3, 0.4) is 0 Å². The largest absolute Gasteiger partial charge is 0.493 e. The Morgan fingerprint density at radius 1 is 1.03 bits per heavy atom. The number of nitrogens with zero attached hydrogens (tertiary/aromatic N) is 4. The van der Waals surface area contributed by atoms with Gasteiger partial charge in [-0.1, -0.05) is 12.1 Å². The molecule has 0 bridgehead atoms. The van der Waals surface area contributed by atoms with E-state index in [0.717, 1.165) is 4.90 Å². The zero-order valence-electron chi connectivity index (χ0n) is 18.7. The third-order valence-corrected chi connectivity index (χ3v) is 6.53. The number of ether oxygens (including phenoxy) is 2. The van der Waals surface area contributed by atoms with Crippen molar-refractivity contribution in [2.24, 2.45) is 16.9 Å². The summed E-state index contributed by atoms with van der Waals surface area (Å²) in [4.78, 5) is 52.4. The second-order valence-electron chi connectivity index (χ2n) is 8.24. The van der Waals surface area contributed by atoms with Crippen LogP contribution in [0.2, 0.25) is 0 Å². The highest BCUT2D eigenvalue weighted by Gasteiger charge is 2.64. The Morgan fingerprint density at radius 2 is 1.77 bits per heavy atom. The van der Waals surface area contributed by atoms with Crippen LogP contribution in [-0.2, 0) is 9.59 Å². The van der Waals surface area contributed by atoms with Crippen LogP contribution >= 0.6 is 0 Å². The van der Waals surface area contributed by atoms with Crippen LogP contribution in [0.4, 0.5) is 11.4 Å². The summed E-state index contributed by atoms with van der Waals surface area (Å²) in [5, 5.41) is 17.0. The van der Waals surface area contributed by atoms with Crippen LogP contribution < -0.4 is 14.4 Å². The molecule has 3 heterocycles. The minimum absolute atomic E-state index is 0.0933. The molecule has 35 heavy (non-hydrogen) atoms. The Kier molecular flexibility index (Phi) is 5.31. The van der Waals surface area contributed by atoms with Crippen LogP contribution in [0.5, 0.6) is 11.5 Å². The van der Waals surface area contributed by atoms with E-state index in [1.165, 1.54) is 55.8 Å². The number of allylic oxidation sites excluding steroid dienone is 1. The van der Waals surface area contributed by atoms with Crippen molar-refractivity contribution in [1.29, 1.82) is 0 Å². The zero-order valence-corrected chi connectivity index (χ0v) is 18.7. The molecular weight excluding hydrogens is 456 g/mol. The Labute approximate surface area is 199 Å². The number of amides is 2. The summed E-state index contributed by atoms with van der Waals surface area (Å²) in [6.45, 7) is 0. The third kappa shape index (κ3) is 3.35. The lowest BCUT2D eigenvalue weighted by Crippen LogP contribution is -2.46. The number of Topliss-reactive ketones (excluding diaryl/α,β-unsaturated/α-hetero) is 1. The van der Waals surface area contributed by atoms with Crippen molar-refractivity contribution >= 4 is 35.2 Å². The van der Waals surface area contributed by atoms with Crippen molar-refractivity contribution in [2.45, 2.75) is 12.1 Å². The average molecular weight is 476 g/mol. The van der Waals surface area contributed by atoms with Gasteiger partial charge in [0.15, 0.2) is 17.3 Å². The summed E-state index contributed by atoms with van der Waals surface area (Å²) in [5.41, 5.74) is 0.114. The normalized spacial score (nSPS) is 24.4. The Bertz CT molecular complexity index is 1320. The fourth-order valence-electron chi connectivity index (χ4n) is 5.00. The smallest absolute Gasteiger partial charge is 0.271 e. The maximum absolute atomic E-state index is 13.7. The number of imide groups is 1. The molecule has 2 fully saturated rings. The van der Waals surface area contributed by atoms with Gasteiger partial charge < -0.3 is 9.47 Å². The lowest BCUT2D eigenvalue weighted by molar-refractivity contribution is -0.384. The summed E-state index contributed by atoms with van der Waals surface area (Å²) in [5.74, 6) is -2.64. The summed E-state index contributed by atoms with van der Waals surface area (Å²) < 4.78 is 10.6. The van der Waals surface area contributed by atoms with Gasteiger partial charge in [-0.3, -0.25) is 29.5 Å². The SMILES string of the molecule is COc1ccc(C(=O)[C@@H]2[C@H]3C(=O)N(c4cccc([N+](=O)[O-])c4)C(=O)[C@@H]3[C@H]3C=CC=NN32)cc1OC. The number of benzene rings is 2. The molecule has 0 radical (unpaired) electrons. The molecule has 0 unspecified atom stereocenters. The van der Waals surface area contributed by atoms with Crippen molar-refractivity contribution in [3.05, 3.63) is 70.3 Å². The highest BCUT2D eigenvalue weighted by atomic mass is 16.6. The fraction of sp³-hybridized carbons (Fsp3) is 0.250. The number of carbonyl (C=O) groups is 3. The number of non-ortho nitro benzene ring substituents is 1. The van der Waals surface area contributed by atoms with Gasteiger partial charge in [-0.25, -0.2) is 4.90 Å². The summed E-state index contributed by atoms with van der Waals surface area (Å²) >= 11 is 0. The van der Waals surface area contributed by atoms with E-state index >= 15 is 0 Å². The van der Waals surface area contributed by atoms with Gasteiger partial charge in [0.05, 0.1) is 42.7 Å². The molecule has 5 rings (SSSR count). The van der Waals surface area contributed by atoms with Gasteiger partial charge in [-0.05, 0) is 30.3 Å². The highest BCUT2D eigenvalue weighted by molar-refractivity contribution is 6.24. The van der Waals surface area contributed by atoms with Gasteiger partial charge in [-0.15, -0.1) is 0 Å². The Morgan fingerprint density at radius 3 is 2.49 bits per heavy atom. The molecule has 0 spiro atoms. The van der Waals surface area contributed by atoms with Gasteiger partial charge in [-0.2, -0.15) is 5.10 Å². The maximum atomic E-state index is 13.7. The number of ketones is 1. The molecule has 0 aromatic heterocycles. The lowest BCUT2D eigenvalue weighted by atomic mass is 9.86.